The molecule has 0 fully saturated rings. The summed E-state index contributed by atoms with van der Waals surface area (Å²) in [5, 5.41) is 44.7. The summed E-state index contributed by atoms with van der Waals surface area (Å²) in [6.07, 6.45) is 0. The zero-order chi connectivity index (χ0) is 42.0. The van der Waals surface area contributed by atoms with Crippen LogP contribution >= 0.6 is 0 Å². The van der Waals surface area contributed by atoms with Crippen LogP contribution < -0.4 is 0 Å². The predicted molar refractivity (Wildman–Crippen MR) is 235 cm³/mol. The van der Waals surface area contributed by atoms with E-state index >= 15 is 0 Å². The minimum absolute atomic E-state index is 0.184. The van der Waals surface area contributed by atoms with Crippen molar-refractivity contribution < 1.29 is 20.4 Å². The topological polar surface area (TPSA) is 80.9 Å². The molecule has 0 amide bonds. The fourth-order valence-electron chi connectivity index (χ4n) is 8.42. The molecule has 0 unspecified atom stereocenters. The van der Waals surface area contributed by atoms with E-state index in [0.29, 0.717) is 23.0 Å². The quantitative estimate of drug-likeness (QED) is 0.130. The Kier molecular flexibility index (Phi) is 11.1. The monoisotopic (exact) mass is 754 g/mol. The molecule has 0 atom stereocenters. The largest absolute Gasteiger partial charge is 0.508 e. The third kappa shape index (κ3) is 8.36. The normalized spacial score (nSPS) is 12.9. The zero-order valence-corrected chi connectivity index (χ0v) is 36.9. The maximum atomic E-state index is 11.2. The van der Waals surface area contributed by atoms with Crippen molar-refractivity contribution in [2.75, 3.05) is 0 Å². The minimum atomic E-state index is -0.281. The Morgan fingerprint density at radius 3 is 0.661 bits per heavy atom. The molecule has 0 aromatic heterocycles. The van der Waals surface area contributed by atoms with E-state index in [1.54, 1.807) is 0 Å². The molecule has 0 aliphatic rings. The molecule has 4 N–H and O–H groups in total. The Morgan fingerprint density at radius 1 is 0.321 bits per heavy atom. The lowest BCUT2D eigenvalue weighted by atomic mass is 9.74. The van der Waals surface area contributed by atoms with Crippen LogP contribution in [0.25, 0.3) is 0 Å². The van der Waals surface area contributed by atoms with Crippen LogP contribution in [0.5, 0.6) is 23.0 Å². The van der Waals surface area contributed by atoms with E-state index in [-0.39, 0.29) is 33.5 Å². The van der Waals surface area contributed by atoms with Crippen LogP contribution in [-0.2, 0) is 21.7 Å². The summed E-state index contributed by atoms with van der Waals surface area (Å²) in [7, 11) is 0. The van der Waals surface area contributed by atoms with Crippen molar-refractivity contribution >= 4 is 0 Å². The number of hydrogen-bond donors (Lipinski definition) is 4. The standard InChI is InChI=1S/C52H66O4/c1-29-21-43(53)39(49(5,6)7)25-35(29)47(36-26-40(50(8,9)10)44(54)22-30(36)2)33-17-19-34(20-18-33)48(37-27-41(51(11,12)13)45(55)23-31(37)3)38-28-42(52(14,15)16)46(56)24-32(38)4/h17-28,47-48,53-56H,1-16H3. The molecular weight excluding hydrogens is 689 g/mol. The molecule has 56 heavy (non-hydrogen) atoms. The van der Waals surface area contributed by atoms with E-state index in [9.17, 15) is 20.4 Å². The summed E-state index contributed by atoms with van der Waals surface area (Å²) in [6, 6.07) is 25.2. The number of phenolic OH excluding ortho intramolecular Hbond substituents is 4. The van der Waals surface area contributed by atoms with Crippen molar-refractivity contribution in [1.82, 2.24) is 0 Å². The average Bonchev–Trinajstić information content (AvgIpc) is 3.03. The predicted octanol–water partition coefficient (Wildman–Crippen LogP) is 13.3. The van der Waals surface area contributed by atoms with Gasteiger partial charge in [-0.05, 0) is 152 Å². The SMILES string of the molecule is Cc1cc(O)c(C(C)(C)C)cc1C(c1ccc(C(c2cc(C(C)(C)C)c(O)cc2C)c2cc(C(C)(C)C)c(O)cc2C)cc1)c1cc(C(C)(C)C)c(O)cc1C. The Labute approximate surface area is 337 Å². The van der Waals surface area contributed by atoms with E-state index in [1.165, 1.54) is 0 Å². The van der Waals surface area contributed by atoms with Crippen molar-refractivity contribution in [1.29, 1.82) is 0 Å². The molecular formula is C52H66O4. The Morgan fingerprint density at radius 2 is 0.500 bits per heavy atom. The second kappa shape index (κ2) is 14.7. The first-order valence-corrected chi connectivity index (χ1v) is 20.1. The van der Waals surface area contributed by atoms with Gasteiger partial charge in [0.2, 0.25) is 0 Å². The molecule has 5 aromatic rings. The van der Waals surface area contributed by atoms with Gasteiger partial charge in [0.25, 0.3) is 0 Å². The summed E-state index contributed by atoms with van der Waals surface area (Å²) in [4.78, 5) is 0. The van der Waals surface area contributed by atoms with Gasteiger partial charge in [0.15, 0.2) is 0 Å². The highest BCUT2D eigenvalue weighted by molar-refractivity contribution is 5.59. The van der Waals surface area contributed by atoms with Gasteiger partial charge in [-0.2, -0.15) is 0 Å². The number of hydrogen-bond acceptors (Lipinski definition) is 4. The van der Waals surface area contributed by atoms with Gasteiger partial charge in [-0.3, -0.25) is 0 Å². The van der Waals surface area contributed by atoms with Gasteiger partial charge in [-0.15, -0.1) is 0 Å². The van der Waals surface area contributed by atoms with Gasteiger partial charge < -0.3 is 20.4 Å². The lowest BCUT2D eigenvalue weighted by Crippen LogP contribution is -2.17. The molecule has 0 spiro atoms. The van der Waals surface area contributed by atoms with Crippen LogP contribution in [0.15, 0.2) is 72.8 Å². The maximum absolute atomic E-state index is 11.2. The van der Waals surface area contributed by atoms with Gasteiger partial charge in [-0.1, -0.05) is 132 Å². The summed E-state index contributed by atoms with van der Waals surface area (Å²) in [5.74, 6) is 0.823. The number of aromatic hydroxyl groups is 4. The van der Waals surface area contributed by atoms with Gasteiger partial charge in [0, 0.05) is 11.8 Å². The highest BCUT2D eigenvalue weighted by atomic mass is 16.3. The highest BCUT2D eigenvalue weighted by Gasteiger charge is 2.31. The second-order valence-electron chi connectivity index (χ2n) is 20.4. The van der Waals surface area contributed by atoms with Crippen LogP contribution in [0.3, 0.4) is 0 Å². The molecule has 4 heteroatoms. The maximum Gasteiger partial charge on any atom is 0.119 e. The molecule has 0 aliphatic heterocycles. The molecule has 0 saturated carbocycles. The Balaban J connectivity index is 1.84. The molecule has 5 aromatic carbocycles. The van der Waals surface area contributed by atoms with Crippen molar-refractivity contribution in [2.45, 2.75) is 144 Å². The Bertz CT molecular complexity index is 1960. The first-order valence-electron chi connectivity index (χ1n) is 20.1. The number of rotatable bonds is 6. The van der Waals surface area contributed by atoms with Crippen molar-refractivity contribution in [3.05, 3.63) is 151 Å². The fourth-order valence-corrected chi connectivity index (χ4v) is 8.42. The molecule has 0 radical (unpaired) electrons. The van der Waals surface area contributed by atoms with Crippen LogP contribution in [0.2, 0.25) is 0 Å². The van der Waals surface area contributed by atoms with E-state index in [4.69, 9.17) is 0 Å². The zero-order valence-electron chi connectivity index (χ0n) is 36.9. The molecule has 0 aliphatic carbocycles. The molecule has 298 valence electrons. The number of benzene rings is 5. The van der Waals surface area contributed by atoms with E-state index in [2.05, 4.69) is 159 Å². The van der Waals surface area contributed by atoms with Crippen LogP contribution in [0, 0.1) is 27.7 Å². The molecule has 0 heterocycles. The van der Waals surface area contributed by atoms with Crippen LogP contribution in [0.4, 0.5) is 0 Å². The van der Waals surface area contributed by atoms with Crippen molar-refractivity contribution in [3.8, 4) is 23.0 Å². The van der Waals surface area contributed by atoms with E-state index in [1.807, 2.05) is 24.3 Å². The average molecular weight is 755 g/mol. The van der Waals surface area contributed by atoms with Gasteiger partial charge in [0.1, 0.15) is 23.0 Å². The molecule has 5 rings (SSSR count). The molecule has 4 nitrogen and oxygen atoms in total. The molecule has 0 saturated heterocycles. The summed E-state index contributed by atoms with van der Waals surface area (Å²) >= 11 is 0. The third-order valence-corrected chi connectivity index (χ3v) is 11.6. The van der Waals surface area contributed by atoms with Gasteiger partial charge >= 0.3 is 0 Å². The number of phenols is 4. The summed E-state index contributed by atoms with van der Waals surface area (Å²) in [6.45, 7) is 33.8. The van der Waals surface area contributed by atoms with Gasteiger partial charge in [-0.25, -0.2) is 0 Å². The third-order valence-electron chi connectivity index (χ3n) is 11.6. The second-order valence-corrected chi connectivity index (χ2v) is 20.4. The first-order chi connectivity index (χ1) is 25.6. The highest BCUT2D eigenvalue weighted by Crippen LogP contribution is 2.46. The van der Waals surface area contributed by atoms with E-state index < -0.39 is 0 Å². The first kappa shape index (κ1) is 42.4. The lowest BCUT2D eigenvalue weighted by Gasteiger charge is -2.30. The van der Waals surface area contributed by atoms with Crippen LogP contribution in [0.1, 0.15) is 173 Å². The lowest BCUT2D eigenvalue weighted by molar-refractivity contribution is 0.444. The summed E-state index contributed by atoms with van der Waals surface area (Å²) in [5.41, 5.74) is 13.1. The fraction of sp³-hybridized carbons (Fsp3) is 0.423. The van der Waals surface area contributed by atoms with Crippen molar-refractivity contribution in [2.24, 2.45) is 0 Å². The van der Waals surface area contributed by atoms with Crippen LogP contribution in [-0.4, -0.2) is 20.4 Å². The van der Waals surface area contributed by atoms with Gasteiger partial charge in [0.05, 0.1) is 0 Å². The Hall–Kier alpha value is -4.70. The summed E-state index contributed by atoms with van der Waals surface area (Å²) < 4.78 is 0. The van der Waals surface area contributed by atoms with Crippen molar-refractivity contribution in [3.63, 3.8) is 0 Å². The minimum Gasteiger partial charge on any atom is -0.508 e. The number of aryl methyl sites for hydroxylation is 4. The van der Waals surface area contributed by atoms with E-state index in [0.717, 1.165) is 77.9 Å². The molecule has 0 bridgehead atoms. The smallest absolute Gasteiger partial charge is 0.119 e.